The highest BCUT2D eigenvalue weighted by Crippen LogP contribution is 2.42. The number of rotatable bonds is 3. The van der Waals surface area contributed by atoms with E-state index in [0.717, 1.165) is 32.5 Å². The van der Waals surface area contributed by atoms with Crippen molar-refractivity contribution in [3.63, 3.8) is 0 Å². The second-order valence-electron chi connectivity index (χ2n) is 6.40. The quantitative estimate of drug-likeness (QED) is 0.845. The zero-order valence-electron chi connectivity index (χ0n) is 11.8. The monoisotopic (exact) mass is 266 g/mol. The van der Waals surface area contributed by atoms with Gasteiger partial charge in [-0.2, -0.15) is 0 Å². The summed E-state index contributed by atoms with van der Waals surface area (Å²) in [5.74, 6) is 0.286. The van der Waals surface area contributed by atoms with Crippen LogP contribution < -0.4 is 5.32 Å². The molecule has 2 saturated heterocycles. The Hall–Kier alpha value is -0.610. The lowest BCUT2D eigenvalue weighted by molar-refractivity contribution is -0.139. The van der Waals surface area contributed by atoms with Gasteiger partial charge in [-0.1, -0.05) is 0 Å². The van der Waals surface area contributed by atoms with Gasteiger partial charge in [-0.3, -0.25) is 4.79 Å². The van der Waals surface area contributed by atoms with E-state index in [2.05, 4.69) is 5.32 Å². The van der Waals surface area contributed by atoms with Gasteiger partial charge in [0.15, 0.2) is 0 Å². The number of carbonyl (C=O) groups excluding carboxylic acids is 1. The summed E-state index contributed by atoms with van der Waals surface area (Å²) in [6, 6.07) is 0.475. The average molecular weight is 266 g/mol. The summed E-state index contributed by atoms with van der Waals surface area (Å²) < 4.78 is 5.92. The standard InChI is InChI=1S/C15H26N2O2/c18-14(17-8-2-1-3-9-17)12-16-13-5-10-19-15(11-13)6-4-7-15/h13,16H,1-12H2. The average Bonchev–Trinajstić information content (AvgIpc) is 2.44. The van der Waals surface area contributed by atoms with Crippen LogP contribution in [0.2, 0.25) is 0 Å². The second-order valence-corrected chi connectivity index (χ2v) is 6.40. The molecule has 1 spiro atoms. The first-order valence-electron chi connectivity index (χ1n) is 7.93. The molecule has 3 aliphatic rings. The fraction of sp³-hybridized carbons (Fsp3) is 0.933. The Morgan fingerprint density at radius 3 is 2.68 bits per heavy atom. The summed E-state index contributed by atoms with van der Waals surface area (Å²) in [6.07, 6.45) is 9.50. The molecule has 19 heavy (non-hydrogen) atoms. The van der Waals surface area contributed by atoms with Gasteiger partial charge >= 0.3 is 0 Å². The van der Waals surface area contributed by atoms with Crippen LogP contribution in [0.1, 0.15) is 51.4 Å². The molecule has 0 aromatic rings. The Balaban J connectivity index is 1.42. The van der Waals surface area contributed by atoms with E-state index in [0.29, 0.717) is 12.6 Å². The smallest absolute Gasteiger partial charge is 0.236 e. The molecule has 108 valence electrons. The summed E-state index contributed by atoms with van der Waals surface area (Å²) in [5, 5.41) is 3.47. The third kappa shape index (κ3) is 3.11. The highest BCUT2D eigenvalue weighted by Gasteiger charge is 2.42. The molecule has 4 heteroatoms. The Kier molecular flexibility index (Phi) is 4.08. The topological polar surface area (TPSA) is 41.6 Å². The third-order valence-electron chi connectivity index (χ3n) is 5.01. The van der Waals surface area contributed by atoms with Crippen LogP contribution in [-0.4, -0.2) is 48.7 Å². The molecule has 2 aliphatic heterocycles. The van der Waals surface area contributed by atoms with E-state index in [-0.39, 0.29) is 11.5 Å². The van der Waals surface area contributed by atoms with Gasteiger partial charge in [0.2, 0.25) is 5.91 Å². The first kappa shape index (κ1) is 13.4. The minimum atomic E-state index is 0.171. The van der Waals surface area contributed by atoms with E-state index < -0.39 is 0 Å². The summed E-state index contributed by atoms with van der Waals surface area (Å²) in [7, 11) is 0. The van der Waals surface area contributed by atoms with Crippen molar-refractivity contribution in [2.45, 2.75) is 63.0 Å². The molecule has 1 amide bonds. The number of piperidine rings is 1. The van der Waals surface area contributed by atoms with Crippen LogP contribution in [0.25, 0.3) is 0 Å². The highest BCUT2D eigenvalue weighted by molar-refractivity contribution is 5.78. The van der Waals surface area contributed by atoms with Crippen LogP contribution in [0.3, 0.4) is 0 Å². The molecule has 3 fully saturated rings. The number of ether oxygens (including phenoxy) is 1. The number of amides is 1. The molecular weight excluding hydrogens is 240 g/mol. The van der Waals surface area contributed by atoms with Crippen LogP contribution in [-0.2, 0) is 9.53 Å². The van der Waals surface area contributed by atoms with Crippen molar-refractivity contribution in [1.82, 2.24) is 10.2 Å². The van der Waals surface area contributed by atoms with Gasteiger partial charge < -0.3 is 15.0 Å². The van der Waals surface area contributed by atoms with Gasteiger partial charge in [0.1, 0.15) is 0 Å². The Labute approximate surface area is 115 Å². The molecular formula is C15H26N2O2. The highest BCUT2D eigenvalue weighted by atomic mass is 16.5. The fourth-order valence-electron chi connectivity index (χ4n) is 3.61. The SMILES string of the molecule is O=C(CNC1CCOC2(CCC2)C1)N1CCCCC1. The minimum absolute atomic E-state index is 0.171. The van der Waals surface area contributed by atoms with Crippen molar-refractivity contribution in [2.75, 3.05) is 26.2 Å². The molecule has 3 rings (SSSR count). The molecule has 1 unspecified atom stereocenters. The first-order valence-corrected chi connectivity index (χ1v) is 7.93. The van der Waals surface area contributed by atoms with Crippen LogP contribution in [0.15, 0.2) is 0 Å². The molecule has 0 aromatic heterocycles. The molecule has 4 nitrogen and oxygen atoms in total. The number of hydrogen-bond donors (Lipinski definition) is 1. The molecule has 1 atom stereocenters. The maximum atomic E-state index is 12.1. The van der Waals surface area contributed by atoms with Gasteiger partial charge in [-0.15, -0.1) is 0 Å². The largest absolute Gasteiger partial charge is 0.375 e. The van der Waals surface area contributed by atoms with Gasteiger partial charge in [-0.05, 0) is 51.4 Å². The molecule has 1 N–H and O–H groups in total. The maximum absolute atomic E-state index is 12.1. The van der Waals surface area contributed by atoms with E-state index in [4.69, 9.17) is 4.74 Å². The molecule has 1 saturated carbocycles. The number of likely N-dealkylation sites (tertiary alicyclic amines) is 1. The first-order chi connectivity index (χ1) is 9.27. The summed E-state index contributed by atoms with van der Waals surface area (Å²) in [6.45, 7) is 3.28. The Morgan fingerprint density at radius 2 is 2.00 bits per heavy atom. The maximum Gasteiger partial charge on any atom is 0.236 e. The van der Waals surface area contributed by atoms with Crippen molar-refractivity contribution in [2.24, 2.45) is 0 Å². The van der Waals surface area contributed by atoms with E-state index in [1.807, 2.05) is 4.90 Å². The zero-order chi connectivity index (χ0) is 13.1. The van der Waals surface area contributed by atoms with E-state index in [1.165, 1.54) is 38.5 Å². The number of nitrogens with one attached hydrogen (secondary N) is 1. The molecule has 2 heterocycles. The van der Waals surface area contributed by atoms with Crippen molar-refractivity contribution < 1.29 is 9.53 Å². The lowest BCUT2D eigenvalue weighted by Crippen LogP contribution is -2.52. The molecule has 0 radical (unpaired) electrons. The lowest BCUT2D eigenvalue weighted by Gasteiger charge is -2.47. The summed E-state index contributed by atoms with van der Waals surface area (Å²) in [4.78, 5) is 14.1. The molecule has 0 aromatic carbocycles. The van der Waals surface area contributed by atoms with Crippen LogP contribution in [0, 0.1) is 0 Å². The van der Waals surface area contributed by atoms with E-state index in [1.54, 1.807) is 0 Å². The Morgan fingerprint density at radius 1 is 1.21 bits per heavy atom. The number of carbonyl (C=O) groups is 1. The van der Waals surface area contributed by atoms with Crippen molar-refractivity contribution in [1.29, 1.82) is 0 Å². The molecule has 0 bridgehead atoms. The van der Waals surface area contributed by atoms with Crippen molar-refractivity contribution in [3.8, 4) is 0 Å². The zero-order valence-corrected chi connectivity index (χ0v) is 11.8. The predicted octanol–water partition coefficient (Wildman–Crippen LogP) is 1.69. The van der Waals surface area contributed by atoms with Gasteiger partial charge in [0.05, 0.1) is 12.1 Å². The van der Waals surface area contributed by atoms with Crippen LogP contribution in [0.5, 0.6) is 0 Å². The van der Waals surface area contributed by atoms with Crippen molar-refractivity contribution >= 4 is 5.91 Å². The number of hydrogen-bond acceptors (Lipinski definition) is 3. The van der Waals surface area contributed by atoms with E-state index in [9.17, 15) is 4.79 Å². The van der Waals surface area contributed by atoms with Crippen LogP contribution >= 0.6 is 0 Å². The fourth-order valence-corrected chi connectivity index (χ4v) is 3.61. The van der Waals surface area contributed by atoms with Crippen LogP contribution in [0.4, 0.5) is 0 Å². The number of nitrogens with zero attached hydrogens (tertiary/aromatic N) is 1. The van der Waals surface area contributed by atoms with Crippen molar-refractivity contribution in [3.05, 3.63) is 0 Å². The van der Waals surface area contributed by atoms with Gasteiger partial charge in [-0.25, -0.2) is 0 Å². The van der Waals surface area contributed by atoms with E-state index >= 15 is 0 Å². The summed E-state index contributed by atoms with van der Waals surface area (Å²) >= 11 is 0. The predicted molar refractivity (Wildman–Crippen MR) is 74.0 cm³/mol. The molecule has 1 aliphatic carbocycles. The van der Waals surface area contributed by atoms with Gasteiger partial charge in [0.25, 0.3) is 0 Å². The normalized spacial score (nSPS) is 30.1. The second kappa shape index (κ2) is 5.80. The van der Waals surface area contributed by atoms with Gasteiger partial charge in [0, 0.05) is 25.7 Å². The Bertz CT molecular complexity index is 322. The third-order valence-corrected chi connectivity index (χ3v) is 5.01. The summed E-state index contributed by atoms with van der Waals surface area (Å²) in [5.41, 5.74) is 0.171. The minimum Gasteiger partial charge on any atom is -0.375 e. The lowest BCUT2D eigenvalue weighted by atomic mass is 9.74.